The van der Waals surface area contributed by atoms with E-state index in [0.29, 0.717) is 11.3 Å². The maximum Gasteiger partial charge on any atom is 0.241 e. The molecule has 0 saturated carbocycles. The van der Waals surface area contributed by atoms with Crippen LogP contribution in [-0.2, 0) is 4.79 Å². The zero-order chi connectivity index (χ0) is 12.1. The molecule has 1 N–H and O–H groups in total. The quantitative estimate of drug-likeness (QED) is 0.902. The smallest absolute Gasteiger partial charge is 0.241 e. The minimum atomic E-state index is -0.741. The summed E-state index contributed by atoms with van der Waals surface area (Å²) in [7, 11) is 0. The second kappa shape index (κ2) is 5.29. The van der Waals surface area contributed by atoms with Crippen molar-refractivity contribution in [3.63, 3.8) is 0 Å². The standard InChI is InChI=1S/C11H8BrN3O/c1-7(5-13)11(16)15-10-3-2-9(12)4-8(10)6-14/h2-4,7H,1H3,(H,15,16). The van der Waals surface area contributed by atoms with Crippen LogP contribution in [0.5, 0.6) is 0 Å². The van der Waals surface area contributed by atoms with Gasteiger partial charge in [-0.15, -0.1) is 0 Å². The maximum atomic E-state index is 11.4. The molecule has 80 valence electrons. The molecule has 4 nitrogen and oxygen atoms in total. The summed E-state index contributed by atoms with van der Waals surface area (Å²) in [6.07, 6.45) is 0. The highest BCUT2D eigenvalue weighted by atomic mass is 79.9. The largest absolute Gasteiger partial charge is 0.324 e. The molecule has 0 saturated heterocycles. The van der Waals surface area contributed by atoms with Gasteiger partial charge in [0, 0.05) is 4.47 Å². The summed E-state index contributed by atoms with van der Waals surface area (Å²) in [5, 5.41) is 20.0. The first kappa shape index (κ1) is 12.2. The van der Waals surface area contributed by atoms with Gasteiger partial charge in [-0.1, -0.05) is 15.9 Å². The van der Waals surface area contributed by atoms with Gasteiger partial charge in [-0.3, -0.25) is 4.79 Å². The minimum absolute atomic E-state index is 0.355. The second-order valence-corrected chi connectivity index (χ2v) is 4.06. The molecule has 1 aromatic rings. The lowest BCUT2D eigenvalue weighted by Crippen LogP contribution is -2.19. The molecule has 0 aliphatic rings. The topological polar surface area (TPSA) is 76.7 Å². The van der Waals surface area contributed by atoms with E-state index in [-0.39, 0.29) is 0 Å². The number of carbonyl (C=O) groups excluding carboxylic acids is 1. The van der Waals surface area contributed by atoms with E-state index in [1.54, 1.807) is 18.2 Å². The van der Waals surface area contributed by atoms with Gasteiger partial charge in [0.05, 0.1) is 17.3 Å². The molecule has 0 spiro atoms. The van der Waals surface area contributed by atoms with Crippen molar-refractivity contribution < 1.29 is 4.79 Å². The lowest BCUT2D eigenvalue weighted by molar-refractivity contribution is -0.117. The highest BCUT2D eigenvalue weighted by molar-refractivity contribution is 9.10. The average molecular weight is 278 g/mol. The van der Waals surface area contributed by atoms with Crippen LogP contribution >= 0.6 is 15.9 Å². The summed E-state index contributed by atoms with van der Waals surface area (Å²) in [6, 6.07) is 8.74. The fourth-order valence-electron chi connectivity index (χ4n) is 1.02. The number of anilines is 1. The van der Waals surface area contributed by atoms with Crippen molar-refractivity contribution in [2.24, 2.45) is 5.92 Å². The van der Waals surface area contributed by atoms with Crippen molar-refractivity contribution in [3.8, 4) is 12.1 Å². The first-order chi connectivity index (χ1) is 7.58. The Hall–Kier alpha value is -1.85. The van der Waals surface area contributed by atoms with Crippen molar-refractivity contribution in [2.45, 2.75) is 6.92 Å². The number of amides is 1. The predicted octanol–water partition coefficient (Wildman–Crippen LogP) is 2.42. The molecule has 1 aromatic carbocycles. The number of hydrogen-bond acceptors (Lipinski definition) is 3. The van der Waals surface area contributed by atoms with Crippen LogP contribution in [0.2, 0.25) is 0 Å². The van der Waals surface area contributed by atoms with Crippen LogP contribution in [0.25, 0.3) is 0 Å². The molecule has 16 heavy (non-hydrogen) atoms. The van der Waals surface area contributed by atoms with E-state index in [2.05, 4.69) is 21.2 Å². The molecule has 0 aromatic heterocycles. The van der Waals surface area contributed by atoms with Crippen LogP contribution < -0.4 is 5.32 Å². The van der Waals surface area contributed by atoms with Crippen molar-refractivity contribution >= 4 is 27.5 Å². The van der Waals surface area contributed by atoms with Crippen LogP contribution in [-0.4, -0.2) is 5.91 Å². The summed E-state index contributed by atoms with van der Waals surface area (Å²) in [5.74, 6) is -1.16. The van der Waals surface area contributed by atoms with Gasteiger partial charge in [-0.25, -0.2) is 0 Å². The molecule has 0 aliphatic carbocycles. The highest BCUT2D eigenvalue weighted by Crippen LogP contribution is 2.20. The van der Waals surface area contributed by atoms with Gasteiger partial charge in [0.25, 0.3) is 0 Å². The van der Waals surface area contributed by atoms with Crippen LogP contribution in [0.4, 0.5) is 5.69 Å². The van der Waals surface area contributed by atoms with Crippen molar-refractivity contribution in [2.75, 3.05) is 5.32 Å². The SMILES string of the molecule is CC(C#N)C(=O)Nc1ccc(Br)cc1C#N. The number of rotatable bonds is 2. The fraction of sp³-hybridized carbons (Fsp3) is 0.182. The molecule has 1 unspecified atom stereocenters. The Bertz CT molecular complexity index is 499. The molecular weight excluding hydrogens is 270 g/mol. The Labute approximate surface area is 102 Å². The van der Waals surface area contributed by atoms with E-state index in [0.717, 1.165) is 4.47 Å². The number of benzene rings is 1. The predicted molar refractivity (Wildman–Crippen MR) is 62.3 cm³/mol. The Morgan fingerprint density at radius 3 is 2.75 bits per heavy atom. The number of nitrogens with one attached hydrogen (secondary N) is 1. The van der Waals surface area contributed by atoms with Crippen LogP contribution in [0.1, 0.15) is 12.5 Å². The minimum Gasteiger partial charge on any atom is -0.324 e. The third kappa shape index (κ3) is 2.82. The lowest BCUT2D eigenvalue weighted by Gasteiger charge is -2.07. The zero-order valence-corrected chi connectivity index (χ0v) is 10.1. The third-order valence-corrected chi connectivity index (χ3v) is 2.44. The number of hydrogen-bond donors (Lipinski definition) is 1. The van der Waals surface area contributed by atoms with E-state index < -0.39 is 11.8 Å². The first-order valence-corrected chi connectivity index (χ1v) is 5.28. The van der Waals surface area contributed by atoms with Crippen LogP contribution in [0.3, 0.4) is 0 Å². The molecule has 0 aliphatic heterocycles. The van der Waals surface area contributed by atoms with Crippen molar-refractivity contribution in [1.82, 2.24) is 0 Å². The number of carbonyl (C=O) groups is 1. The van der Waals surface area contributed by atoms with Gasteiger partial charge in [-0.05, 0) is 25.1 Å². The second-order valence-electron chi connectivity index (χ2n) is 3.14. The summed E-state index contributed by atoms with van der Waals surface area (Å²) in [6.45, 7) is 1.50. The van der Waals surface area contributed by atoms with Gasteiger partial charge in [-0.2, -0.15) is 10.5 Å². The molecule has 0 bridgehead atoms. The lowest BCUT2D eigenvalue weighted by atomic mass is 10.1. The van der Waals surface area contributed by atoms with Crippen molar-refractivity contribution in [1.29, 1.82) is 10.5 Å². The molecule has 0 fully saturated rings. The molecule has 0 radical (unpaired) electrons. The molecule has 1 rings (SSSR count). The fourth-order valence-corrected chi connectivity index (χ4v) is 1.38. The van der Waals surface area contributed by atoms with E-state index in [4.69, 9.17) is 10.5 Å². The normalized spacial score (nSPS) is 11.0. The van der Waals surface area contributed by atoms with E-state index in [1.807, 2.05) is 12.1 Å². The molecule has 1 atom stereocenters. The van der Waals surface area contributed by atoms with E-state index in [1.165, 1.54) is 6.92 Å². The van der Waals surface area contributed by atoms with Gasteiger partial charge < -0.3 is 5.32 Å². The van der Waals surface area contributed by atoms with E-state index in [9.17, 15) is 4.79 Å². The molecule has 5 heteroatoms. The molecular formula is C11H8BrN3O. The molecule has 1 amide bonds. The van der Waals surface area contributed by atoms with E-state index >= 15 is 0 Å². The Morgan fingerprint density at radius 2 is 2.19 bits per heavy atom. The zero-order valence-electron chi connectivity index (χ0n) is 8.49. The summed E-state index contributed by atoms with van der Waals surface area (Å²) >= 11 is 3.23. The Morgan fingerprint density at radius 1 is 1.50 bits per heavy atom. The Kier molecular flexibility index (Phi) is 4.04. The van der Waals surface area contributed by atoms with Gasteiger partial charge in [0.1, 0.15) is 12.0 Å². The maximum absolute atomic E-state index is 11.4. The summed E-state index contributed by atoms with van der Waals surface area (Å²) < 4.78 is 0.760. The Balaban J connectivity index is 2.95. The van der Waals surface area contributed by atoms with Gasteiger partial charge in [0.15, 0.2) is 0 Å². The number of nitrogens with zero attached hydrogens (tertiary/aromatic N) is 2. The first-order valence-electron chi connectivity index (χ1n) is 4.48. The van der Waals surface area contributed by atoms with Gasteiger partial charge in [0.2, 0.25) is 5.91 Å². The van der Waals surface area contributed by atoms with Gasteiger partial charge >= 0.3 is 0 Å². The third-order valence-electron chi connectivity index (χ3n) is 1.95. The highest BCUT2D eigenvalue weighted by Gasteiger charge is 2.13. The average Bonchev–Trinajstić information content (AvgIpc) is 2.30. The number of nitriles is 2. The monoisotopic (exact) mass is 277 g/mol. The van der Waals surface area contributed by atoms with Crippen molar-refractivity contribution in [3.05, 3.63) is 28.2 Å². The number of halogens is 1. The van der Waals surface area contributed by atoms with Crippen LogP contribution in [0.15, 0.2) is 22.7 Å². The summed E-state index contributed by atoms with van der Waals surface area (Å²) in [5.41, 5.74) is 0.769. The van der Waals surface area contributed by atoms with Crippen LogP contribution in [0, 0.1) is 28.6 Å². The summed E-state index contributed by atoms with van der Waals surface area (Å²) in [4.78, 5) is 11.4. The molecule has 0 heterocycles.